The summed E-state index contributed by atoms with van der Waals surface area (Å²) in [6, 6.07) is 15.1. The molecule has 2 heterocycles. The number of carbonyl (C=O) groups is 1. The number of phenols is 1. The molecule has 3 N–H and O–H groups in total. The summed E-state index contributed by atoms with van der Waals surface area (Å²) >= 11 is 0. The van der Waals surface area contributed by atoms with E-state index >= 15 is 0 Å². The summed E-state index contributed by atoms with van der Waals surface area (Å²) in [6.45, 7) is 3.73. The van der Waals surface area contributed by atoms with Crippen LogP contribution in [0.15, 0.2) is 48.5 Å². The maximum Gasteiger partial charge on any atom is 0.220 e. The number of aromatic hydroxyl groups is 1. The van der Waals surface area contributed by atoms with Crippen LogP contribution in [0.3, 0.4) is 0 Å². The largest absolute Gasteiger partial charge is 0.507 e. The van der Waals surface area contributed by atoms with E-state index in [1.54, 1.807) is 12.1 Å². The third-order valence-corrected chi connectivity index (χ3v) is 6.10. The van der Waals surface area contributed by atoms with Gasteiger partial charge >= 0.3 is 0 Å². The number of para-hydroxylation sites is 2. The second-order valence-corrected chi connectivity index (χ2v) is 8.03. The quantitative estimate of drug-likeness (QED) is 0.645. The predicted octanol–water partition coefficient (Wildman–Crippen LogP) is 4.12. The van der Waals surface area contributed by atoms with Crippen molar-refractivity contribution < 1.29 is 9.90 Å². The topological polar surface area (TPSA) is 92.3 Å². The molecule has 1 aromatic heterocycles. The third kappa shape index (κ3) is 3.95. The first-order valence-electron chi connectivity index (χ1n) is 10.7. The van der Waals surface area contributed by atoms with Gasteiger partial charge in [-0.1, -0.05) is 37.6 Å². The molecular weight excluding hydrogens is 376 g/mol. The van der Waals surface area contributed by atoms with Crippen molar-refractivity contribution in [2.75, 3.05) is 18.0 Å². The Labute approximate surface area is 176 Å². The average Bonchev–Trinajstić information content (AvgIpc) is 2.77. The Morgan fingerprint density at radius 1 is 1.13 bits per heavy atom. The van der Waals surface area contributed by atoms with Crippen LogP contribution in [0.5, 0.6) is 5.75 Å². The fourth-order valence-electron chi connectivity index (χ4n) is 4.52. The molecule has 6 heteroatoms. The molecule has 3 aromatic rings. The zero-order valence-corrected chi connectivity index (χ0v) is 17.3. The van der Waals surface area contributed by atoms with Crippen LogP contribution in [0.4, 0.5) is 5.82 Å². The molecule has 1 fully saturated rings. The van der Waals surface area contributed by atoms with Crippen molar-refractivity contribution in [2.45, 2.75) is 32.6 Å². The Morgan fingerprint density at radius 2 is 1.83 bits per heavy atom. The highest BCUT2D eigenvalue weighted by Crippen LogP contribution is 2.35. The number of phenolic OH excluding ortho intramolecular Hbond substituents is 1. The minimum atomic E-state index is -0.176. The first-order chi connectivity index (χ1) is 14.6. The van der Waals surface area contributed by atoms with Gasteiger partial charge in [0, 0.05) is 24.4 Å². The van der Waals surface area contributed by atoms with Gasteiger partial charge in [-0.15, -0.1) is 0 Å². The summed E-state index contributed by atoms with van der Waals surface area (Å²) in [6.07, 6.45) is 3.65. The van der Waals surface area contributed by atoms with E-state index in [9.17, 15) is 9.90 Å². The predicted molar refractivity (Wildman–Crippen MR) is 119 cm³/mol. The molecule has 1 saturated heterocycles. The van der Waals surface area contributed by atoms with Crippen molar-refractivity contribution in [1.82, 2.24) is 9.97 Å². The molecule has 2 aromatic carbocycles. The Hall–Kier alpha value is -3.15. The van der Waals surface area contributed by atoms with Gasteiger partial charge in [0.25, 0.3) is 0 Å². The van der Waals surface area contributed by atoms with E-state index in [-0.39, 0.29) is 17.6 Å². The van der Waals surface area contributed by atoms with Gasteiger partial charge in [-0.3, -0.25) is 4.79 Å². The van der Waals surface area contributed by atoms with E-state index in [4.69, 9.17) is 15.7 Å². The number of rotatable bonds is 6. The lowest BCUT2D eigenvalue weighted by Gasteiger charge is -2.36. The fraction of sp³-hybridized carbons (Fsp3) is 0.375. The van der Waals surface area contributed by atoms with Crippen LogP contribution in [0.2, 0.25) is 0 Å². The molecule has 30 heavy (non-hydrogen) atoms. The Balaban J connectivity index is 1.66. The number of nitrogens with zero attached hydrogens (tertiary/aromatic N) is 3. The number of hydrogen-bond acceptors (Lipinski definition) is 5. The number of fused-ring (bicyclic) bond motifs is 1. The molecule has 0 bridgehead atoms. The second kappa shape index (κ2) is 8.69. The van der Waals surface area contributed by atoms with Crippen molar-refractivity contribution in [3.63, 3.8) is 0 Å². The maximum atomic E-state index is 11.9. The number of aromatic nitrogens is 2. The minimum Gasteiger partial charge on any atom is -0.507 e. The number of benzene rings is 2. The van der Waals surface area contributed by atoms with Crippen molar-refractivity contribution in [3.05, 3.63) is 48.5 Å². The molecule has 0 radical (unpaired) electrons. The fourth-order valence-corrected chi connectivity index (χ4v) is 4.52. The highest BCUT2D eigenvalue weighted by Gasteiger charge is 2.30. The van der Waals surface area contributed by atoms with Gasteiger partial charge in [-0.2, -0.15) is 0 Å². The van der Waals surface area contributed by atoms with Gasteiger partial charge in [-0.05, 0) is 49.4 Å². The molecule has 1 atom stereocenters. The van der Waals surface area contributed by atoms with E-state index in [2.05, 4.69) is 11.8 Å². The molecule has 156 valence electrons. The molecule has 1 unspecified atom stereocenters. The first-order valence-corrected chi connectivity index (χ1v) is 10.7. The Morgan fingerprint density at radius 3 is 2.53 bits per heavy atom. The summed E-state index contributed by atoms with van der Waals surface area (Å²) in [5.74, 6) is 1.67. The monoisotopic (exact) mass is 404 g/mol. The number of primary amides is 1. The smallest absolute Gasteiger partial charge is 0.220 e. The molecule has 4 rings (SSSR count). The van der Waals surface area contributed by atoms with E-state index < -0.39 is 0 Å². The van der Waals surface area contributed by atoms with Gasteiger partial charge in [0.2, 0.25) is 5.91 Å². The zero-order valence-electron chi connectivity index (χ0n) is 17.3. The number of piperidine rings is 1. The maximum absolute atomic E-state index is 11.9. The van der Waals surface area contributed by atoms with Gasteiger partial charge in [0.05, 0.1) is 11.1 Å². The summed E-state index contributed by atoms with van der Waals surface area (Å²) in [5.41, 5.74) is 7.15. The van der Waals surface area contributed by atoms with Gasteiger partial charge in [-0.25, -0.2) is 9.97 Å². The number of hydrogen-bond donors (Lipinski definition) is 2. The summed E-state index contributed by atoms with van der Waals surface area (Å²) < 4.78 is 0. The van der Waals surface area contributed by atoms with Crippen LogP contribution >= 0.6 is 0 Å². The number of amides is 1. The van der Waals surface area contributed by atoms with E-state index in [0.717, 1.165) is 55.5 Å². The Kier molecular flexibility index (Phi) is 5.84. The molecule has 1 aliphatic heterocycles. The SMILES string of the molecule is CCCC(C(N)=O)C1CCN(c2nc(-c3ccccc3O)nc3ccccc23)CC1. The molecule has 1 aliphatic rings. The van der Waals surface area contributed by atoms with Crippen LogP contribution in [0.25, 0.3) is 22.3 Å². The van der Waals surface area contributed by atoms with Crippen molar-refractivity contribution in [1.29, 1.82) is 0 Å². The summed E-state index contributed by atoms with van der Waals surface area (Å²) in [7, 11) is 0. The number of nitrogens with two attached hydrogens (primary N) is 1. The lowest BCUT2D eigenvalue weighted by atomic mass is 9.81. The van der Waals surface area contributed by atoms with Crippen molar-refractivity contribution in [3.8, 4) is 17.1 Å². The molecular formula is C24H28N4O2. The van der Waals surface area contributed by atoms with E-state index in [0.29, 0.717) is 17.3 Å². The summed E-state index contributed by atoms with van der Waals surface area (Å²) in [5, 5.41) is 11.3. The standard InChI is InChI=1S/C24H28N4O2/c1-2-7-17(22(25)30)16-12-14-28(15-13-16)24-18-8-3-5-10-20(18)26-23(27-24)19-9-4-6-11-21(19)29/h3-6,8-11,16-17,29H,2,7,12-15H2,1H3,(H2,25,30). The van der Waals surface area contributed by atoms with Crippen LogP contribution in [0.1, 0.15) is 32.6 Å². The first kappa shape index (κ1) is 20.1. The number of anilines is 1. The number of carbonyl (C=O) groups excluding carboxylic acids is 1. The molecule has 0 aliphatic carbocycles. The van der Waals surface area contributed by atoms with Gasteiger partial charge in [0.1, 0.15) is 11.6 Å². The highest BCUT2D eigenvalue weighted by molar-refractivity contribution is 5.91. The average molecular weight is 405 g/mol. The van der Waals surface area contributed by atoms with E-state index in [1.165, 1.54) is 0 Å². The van der Waals surface area contributed by atoms with Crippen LogP contribution < -0.4 is 10.6 Å². The third-order valence-electron chi connectivity index (χ3n) is 6.10. The lowest BCUT2D eigenvalue weighted by molar-refractivity contribution is -0.124. The van der Waals surface area contributed by atoms with Crippen LogP contribution in [0, 0.1) is 11.8 Å². The van der Waals surface area contributed by atoms with Crippen LogP contribution in [-0.4, -0.2) is 34.1 Å². The molecule has 6 nitrogen and oxygen atoms in total. The highest BCUT2D eigenvalue weighted by atomic mass is 16.3. The van der Waals surface area contributed by atoms with Gasteiger partial charge < -0.3 is 15.7 Å². The molecule has 0 spiro atoms. The normalized spacial score (nSPS) is 16.0. The van der Waals surface area contributed by atoms with Crippen molar-refractivity contribution in [2.24, 2.45) is 17.6 Å². The van der Waals surface area contributed by atoms with Gasteiger partial charge in [0.15, 0.2) is 5.82 Å². The Bertz CT molecular complexity index is 1040. The van der Waals surface area contributed by atoms with Crippen molar-refractivity contribution >= 4 is 22.6 Å². The lowest BCUT2D eigenvalue weighted by Crippen LogP contribution is -2.40. The van der Waals surface area contributed by atoms with E-state index in [1.807, 2.05) is 36.4 Å². The van der Waals surface area contributed by atoms with Crippen LogP contribution in [-0.2, 0) is 4.79 Å². The zero-order chi connectivity index (χ0) is 21.1. The molecule has 1 amide bonds. The molecule has 0 saturated carbocycles. The summed E-state index contributed by atoms with van der Waals surface area (Å²) in [4.78, 5) is 23.7. The minimum absolute atomic E-state index is 0.0453. The second-order valence-electron chi connectivity index (χ2n) is 8.03.